The average Bonchev–Trinajstić information content (AvgIpc) is 2.48. The zero-order chi connectivity index (χ0) is 14.8. The van der Waals surface area contributed by atoms with Gasteiger partial charge in [0.2, 0.25) is 0 Å². The largest absolute Gasteiger partial charge is 0.468 e. The van der Waals surface area contributed by atoms with Gasteiger partial charge in [-0.15, -0.1) is 0 Å². The highest BCUT2D eigenvalue weighted by molar-refractivity contribution is 6.00. The summed E-state index contributed by atoms with van der Waals surface area (Å²) in [5.41, 5.74) is -0.257. The fourth-order valence-electron chi connectivity index (χ4n) is 2.50. The Bertz CT molecular complexity index is 568. The highest BCUT2D eigenvalue weighted by Gasteiger charge is 2.45. The molecule has 6 nitrogen and oxygen atoms in total. The predicted molar refractivity (Wildman–Crippen MR) is 68.4 cm³/mol. The van der Waals surface area contributed by atoms with Crippen LogP contribution in [0.3, 0.4) is 0 Å². The van der Waals surface area contributed by atoms with E-state index in [0.717, 1.165) is 0 Å². The van der Waals surface area contributed by atoms with Crippen molar-refractivity contribution in [3.63, 3.8) is 0 Å². The number of carbonyl (C=O) groups is 2. The van der Waals surface area contributed by atoms with Crippen molar-refractivity contribution in [2.45, 2.75) is 31.6 Å². The summed E-state index contributed by atoms with van der Waals surface area (Å²) in [5, 5.41) is 9.55. The molecule has 6 heteroatoms. The molecule has 104 valence electrons. The lowest BCUT2D eigenvalue weighted by atomic mass is 9.67. The first-order valence-electron chi connectivity index (χ1n) is 6.33. The molecule has 1 saturated carbocycles. The molecule has 1 aliphatic carbocycles. The smallest absolute Gasteiger partial charge is 0.316 e. The van der Waals surface area contributed by atoms with Crippen LogP contribution in [0.25, 0.3) is 0 Å². The number of ketones is 1. The van der Waals surface area contributed by atoms with Crippen LogP contribution in [0, 0.1) is 24.2 Å². The first-order valence-corrected chi connectivity index (χ1v) is 6.33. The van der Waals surface area contributed by atoms with Crippen LogP contribution in [-0.2, 0) is 19.7 Å². The van der Waals surface area contributed by atoms with Gasteiger partial charge in [-0.1, -0.05) is 0 Å². The lowest BCUT2D eigenvalue weighted by Crippen LogP contribution is -2.40. The van der Waals surface area contributed by atoms with E-state index in [0.29, 0.717) is 17.8 Å². The molecule has 0 aliphatic heterocycles. The van der Waals surface area contributed by atoms with Crippen molar-refractivity contribution < 1.29 is 14.3 Å². The molecular formula is C14H15N3O3. The molecule has 2 rings (SSSR count). The molecule has 1 aromatic heterocycles. The van der Waals surface area contributed by atoms with E-state index in [1.54, 1.807) is 19.3 Å². The Kier molecular flexibility index (Phi) is 3.79. The molecular weight excluding hydrogens is 258 g/mol. The third-order valence-electron chi connectivity index (χ3n) is 3.77. The van der Waals surface area contributed by atoms with E-state index in [9.17, 15) is 14.9 Å². The van der Waals surface area contributed by atoms with Gasteiger partial charge < -0.3 is 4.74 Å². The Hall–Kier alpha value is -2.29. The number of aromatic nitrogens is 2. The maximum Gasteiger partial charge on any atom is 0.316 e. The molecule has 0 radical (unpaired) electrons. The summed E-state index contributed by atoms with van der Waals surface area (Å²) >= 11 is 0. The van der Waals surface area contributed by atoms with E-state index in [4.69, 9.17) is 0 Å². The van der Waals surface area contributed by atoms with E-state index in [2.05, 4.69) is 20.8 Å². The molecule has 2 unspecified atom stereocenters. The number of Topliss-reactive ketones (excluding diaryl/α,β-unsaturated/α-hetero) is 1. The van der Waals surface area contributed by atoms with Gasteiger partial charge in [0.25, 0.3) is 0 Å². The molecule has 0 saturated heterocycles. The number of nitrogens with zero attached hydrogens (tertiary/aromatic N) is 3. The third kappa shape index (κ3) is 2.39. The number of hydrogen-bond acceptors (Lipinski definition) is 6. The zero-order valence-electron chi connectivity index (χ0n) is 11.4. The Morgan fingerprint density at radius 1 is 1.50 bits per heavy atom. The minimum absolute atomic E-state index is 0.126. The van der Waals surface area contributed by atoms with Crippen molar-refractivity contribution in [3.8, 4) is 6.07 Å². The normalized spacial score (nSPS) is 25.9. The van der Waals surface area contributed by atoms with Crippen LogP contribution in [-0.4, -0.2) is 28.8 Å². The molecule has 0 amide bonds. The van der Waals surface area contributed by atoms with E-state index in [-0.39, 0.29) is 18.6 Å². The second-order valence-corrected chi connectivity index (χ2v) is 4.96. The maximum absolute atomic E-state index is 11.8. The van der Waals surface area contributed by atoms with Gasteiger partial charge in [-0.3, -0.25) is 9.59 Å². The summed E-state index contributed by atoms with van der Waals surface area (Å²) < 4.78 is 4.65. The van der Waals surface area contributed by atoms with Gasteiger partial charge in [-0.2, -0.15) is 5.26 Å². The van der Waals surface area contributed by atoms with E-state index in [1.165, 1.54) is 7.11 Å². The zero-order valence-corrected chi connectivity index (χ0v) is 11.4. The minimum Gasteiger partial charge on any atom is -0.468 e. The number of hydrogen-bond donors (Lipinski definition) is 0. The van der Waals surface area contributed by atoms with Gasteiger partial charge in [-0.25, -0.2) is 9.97 Å². The summed E-state index contributed by atoms with van der Waals surface area (Å²) in [6.45, 7) is 1.75. The second kappa shape index (κ2) is 5.37. The average molecular weight is 273 g/mol. The quantitative estimate of drug-likeness (QED) is 0.591. The summed E-state index contributed by atoms with van der Waals surface area (Å²) in [6.07, 6.45) is 3.87. The van der Waals surface area contributed by atoms with Crippen molar-refractivity contribution in [1.29, 1.82) is 5.26 Å². The topological polar surface area (TPSA) is 92.9 Å². The number of ether oxygens (including phenoxy) is 1. The van der Waals surface area contributed by atoms with Crippen LogP contribution in [0.4, 0.5) is 0 Å². The number of nitriles is 1. The van der Waals surface area contributed by atoms with Crippen molar-refractivity contribution in [1.82, 2.24) is 9.97 Å². The van der Waals surface area contributed by atoms with E-state index in [1.807, 2.05) is 0 Å². The van der Waals surface area contributed by atoms with Crippen LogP contribution >= 0.6 is 0 Å². The molecule has 0 N–H and O–H groups in total. The van der Waals surface area contributed by atoms with Crippen molar-refractivity contribution in [3.05, 3.63) is 23.8 Å². The van der Waals surface area contributed by atoms with Gasteiger partial charge >= 0.3 is 5.97 Å². The SMILES string of the molecule is COC(=O)C1CC(C#N)(c2cnc(C)nc2)CCC1=O. The van der Waals surface area contributed by atoms with Crippen molar-refractivity contribution >= 4 is 11.8 Å². The molecule has 0 spiro atoms. The van der Waals surface area contributed by atoms with Crippen molar-refractivity contribution in [2.75, 3.05) is 7.11 Å². The first kappa shape index (κ1) is 14.1. The van der Waals surface area contributed by atoms with Crippen LogP contribution in [0.15, 0.2) is 12.4 Å². The monoisotopic (exact) mass is 273 g/mol. The lowest BCUT2D eigenvalue weighted by Gasteiger charge is -2.33. The number of rotatable bonds is 2. The standard InChI is InChI=1S/C14H15N3O3/c1-9-16-6-10(7-17-9)14(8-15)4-3-12(18)11(5-14)13(19)20-2/h6-7,11H,3-5H2,1-2H3. The Balaban J connectivity index is 2.36. The summed E-state index contributed by atoms with van der Waals surface area (Å²) in [6, 6.07) is 2.24. The number of esters is 1. The Morgan fingerprint density at radius 2 is 2.15 bits per heavy atom. The molecule has 0 aromatic carbocycles. The maximum atomic E-state index is 11.8. The molecule has 2 atom stereocenters. The second-order valence-electron chi connectivity index (χ2n) is 4.96. The molecule has 20 heavy (non-hydrogen) atoms. The van der Waals surface area contributed by atoms with E-state index >= 15 is 0 Å². The summed E-state index contributed by atoms with van der Waals surface area (Å²) in [5.74, 6) is -1.02. The van der Waals surface area contributed by atoms with Gasteiger partial charge in [0.15, 0.2) is 0 Å². The fraction of sp³-hybridized carbons (Fsp3) is 0.500. The van der Waals surface area contributed by atoms with Gasteiger partial charge in [0, 0.05) is 24.4 Å². The van der Waals surface area contributed by atoms with Crippen LogP contribution in [0.5, 0.6) is 0 Å². The van der Waals surface area contributed by atoms with Gasteiger partial charge in [0.1, 0.15) is 17.5 Å². The highest BCUT2D eigenvalue weighted by Crippen LogP contribution is 2.40. The first-order chi connectivity index (χ1) is 9.52. The van der Waals surface area contributed by atoms with Crippen LogP contribution in [0.2, 0.25) is 0 Å². The number of methoxy groups -OCH3 is 1. The summed E-state index contributed by atoms with van der Waals surface area (Å²) in [4.78, 5) is 31.7. The lowest BCUT2D eigenvalue weighted by molar-refractivity contribution is -0.151. The minimum atomic E-state index is -0.902. The van der Waals surface area contributed by atoms with Gasteiger partial charge in [-0.05, 0) is 19.8 Å². The molecule has 0 bridgehead atoms. The van der Waals surface area contributed by atoms with E-state index < -0.39 is 17.3 Å². The van der Waals surface area contributed by atoms with Crippen molar-refractivity contribution in [2.24, 2.45) is 5.92 Å². The van der Waals surface area contributed by atoms with Gasteiger partial charge in [0.05, 0.1) is 18.6 Å². The number of carbonyl (C=O) groups excluding carboxylic acids is 2. The predicted octanol–water partition coefficient (Wildman–Crippen LogP) is 1.09. The molecule has 1 fully saturated rings. The molecule has 1 aliphatic rings. The molecule has 1 heterocycles. The highest BCUT2D eigenvalue weighted by atomic mass is 16.5. The Morgan fingerprint density at radius 3 is 2.70 bits per heavy atom. The molecule has 1 aromatic rings. The third-order valence-corrected chi connectivity index (χ3v) is 3.77. The van der Waals surface area contributed by atoms with Crippen LogP contribution in [0.1, 0.15) is 30.7 Å². The number of aryl methyl sites for hydroxylation is 1. The fourth-order valence-corrected chi connectivity index (χ4v) is 2.50. The summed E-state index contributed by atoms with van der Waals surface area (Å²) in [7, 11) is 1.24. The Labute approximate surface area is 116 Å². The van der Waals surface area contributed by atoms with Crippen LogP contribution < -0.4 is 0 Å².